The van der Waals surface area contributed by atoms with Gasteiger partial charge in [0.25, 0.3) is 0 Å². The van der Waals surface area contributed by atoms with E-state index in [1.54, 1.807) is 5.56 Å². The number of rotatable bonds is 1. The standard InChI is InChI=1S/C14H21N3/c1-3-12-11-16-7-5-13(12)14(4-1)17-9-2-6-15-8-10-17/h1,3-4,15-16H,2,5-11H2. The number of anilines is 1. The lowest BCUT2D eigenvalue weighted by Gasteiger charge is -2.28. The monoisotopic (exact) mass is 231 g/mol. The van der Waals surface area contributed by atoms with Crippen LogP contribution in [0.5, 0.6) is 0 Å². The van der Waals surface area contributed by atoms with Crippen LogP contribution in [0, 0.1) is 0 Å². The highest BCUT2D eigenvalue weighted by atomic mass is 15.2. The molecule has 0 amide bonds. The first-order valence-corrected chi connectivity index (χ1v) is 6.72. The summed E-state index contributed by atoms with van der Waals surface area (Å²) >= 11 is 0. The first-order valence-electron chi connectivity index (χ1n) is 6.72. The predicted molar refractivity (Wildman–Crippen MR) is 71.6 cm³/mol. The Hall–Kier alpha value is -1.06. The van der Waals surface area contributed by atoms with E-state index in [2.05, 4.69) is 33.7 Å². The summed E-state index contributed by atoms with van der Waals surface area (Å²) in [6, 6.07) is 6.77. The predicted octanol–water partition coefficient (Wildman–Crippen LogP) is 1.13. The van der Waals surface area contributed by atoms with Gasteiger partial charge in [0.2, 0.25) is 0 Å². The summed E-state index contributed by atoms with van der Waals surface area (Å²) < 4.78 is 0. The minimum Gasteiger partial charge on any atom is -0.370 e. The van der Waals surface area contributed by atoms with Crippen LogP contribution in [0.3, 0.4) is 0 Å². The highest BCUT2D eigenvalue weighted by Gasteiger charge is 2.17. The average Bonchev–Trinajstić information content (AvgIpc) is 2.67. The van der Waals surface area contributed by atoms with Crippen molar-refractivity contribution in [1.29, 1.82) is 0 Å². The Morgan fingerprint density at radius 2 is 2.00 bits per heavy atom. The molecule has 2 aliphatic heterocycles. The van der Waals surface area contributed by atoms with Gasteiger partial charge in [-0.05, 0) is 43.1 Å². The summed E-state index contributed by atoms with van der Waals surface area (Å²) in [7, 11) is 0. The molecule has 2 aliphatic rings. The second-order valence-electron chi connectivity index (χ2n) is 4.93. The van der Waals surface area contributed by atoms with E-state index in [0.717, 1.165) is 32.7 Å². The van der Waals surface area contributed by atoms with Crippen LogP contribution in [0.15, 0.2) is 18.2 Å². The fraction of sp³-hybridized carbons (Fsp3) is 0.571. The van der Waals surface area contributed by atoms with Gasteiger partial charge in [0.15, 0.2) is 0 Å². The third-order valence-corrected chi connectivity index (χ3v) is 3.80. The molecule has 0 aromatic heterocycles. The Kier molecular flexibility index (Phi) is 3.29. The van der Waals surface area contributed by atoms with Crippen LogP contribution in [0.25, 0.3) is 0 Å². The number of hydrogen-bond acceptors (Lipinski definition) is 3. The van der Waals surface area contributed by atoms with Gasteiger partial charge >= 0.3 is 0 Å². The molecule has 1 fully saturated rings. The zero-order valence-corrected chi connectivity index (χ0v) is 10.3. The molecule has 0 radical (unpaired) electrons. The van der Waals surface area contributed by atoms with Crippen molar-refractivity contribution in [2.45, 2.75) is 19.4 Å². The van der Waals surface area contributed by atoms with Crippen LogP contribution in [-0.4, -0.2) is 32.7 Å². The van der Waals surface area contributed by atoms with Crippen LogP contribution in [0.2, 0.25) is 0 Å². The third-order valence-electron chi connectivity index (χ3n) is 3.80. The Labute approximate surface area is 103 Å². The molecule has 3 nitrogen and oxygen atoms in total. The molecule has 1 aromatic carbocycles. The smallest absolute Gasteiger partial charge is 0.0402 e. The van der Waals surface area contributed by atoms with Crippen molar-refractivity contribution in [3.63, 3.8) is 0 Å². The van der Waals surface area contributed by atoms with Gasteiger partial charge < -0.3 is 15.5 Å². The van der Waals surface area contributed by atoms with Crippen LogP contribution in [0.1, 0.15) is 17.5 Å². The molecule has 1 aromatic rings. The lowest BCUT2D eigenvalue weighted by atomic mass is 9.98. The summed E-state index contributed by atoms with van der Waals surface area (Å²) in [6.45, 7) is 6.77. The molecule has 0 bridgehead atoms. The zero-order valence-electron chi connectivity index (χ0n) is 10.3. The molecule has 0 saturated carbocycles. The lowest BCUT2D eigenvalue weighted by molar-refractivity contribution is 0.640. The molecule has 2 heterocycles. The summed E-state index contributed by atoms with van der Waals surface area (Å²) in [5, 5.41) is 6.93. The van der Waals surface area contributed by atoms with Gasteiger partial charge in [0, 0.05) is 31.9 Å². The van der Waals surface area contributed by atoms with E-state index in [0.29, 0.717) is 0 Å². The second kappa shape index (κ2) is 5.07. The summed E-state index contributed by atoms with van der Waals surface area (Å²) in [6.07, 6.45) is 2.43. The second-order valence-corrected chi connectivity index (χ2v) is 4.93. The molecule has 0 atom stereocenters. The number of nitrogens with one attached hydrogen (secondary N) is 2. The largest absolute Gasteiger partial charge is 0.370 e. The van der Waals surface area contributed by atoms with Crippen LogP contribution >= 0.6 is 0 Å². The van der Waals surface area contributed by atoms with Gasteiger partial charge in [-0.2, -0.15) is 0 Å². The van der Waals surface area contributed by atoms with Gasteiger partial charge in [0.1, 0.15) is 0 Å². The Morgan fingerprint density at radius 3 is 3.00 bits per heavy atom. The fourth-order valence-electron chi connectivity index (χ4n) is 2.89. The van der Waals surface area contributed by atoms with Gasteiger partial charge in [-0.1, -0.05) is 12.1 Å². The normalized spacial score (nSPS) is 20.8. The number of hydrogen-bond donors (Lipinski definition) is 2. The molecule has 0 aliphatic carbocycles. The van der Waals surface area contributed by atoms with Crippen molar-refractivity contribution in [3.05, 3.63) is 29.3 Å². The number of nitrogens with zero attached hydrogens (tertiary/aromatic N) is 1. The lowest BCUT2D eigenvalue weighted by Crippen LogP contribution is -2.31. The zero-order chi connectivity index (χ0) is 11.5. The van der Waals surface area contributed by atoms with E-state index in [-0.39, 0.29) is 0 Å². The first-order chi connectivity index (χ1) is 8.45. The summed E-state index contributed by atoms with van der Waals surface area (Å²) in [5.74, 6) is 0. The van der Waals surface area contributed by atoms with Crippen molar-refractivity contribution in [3.8, 4) is 0 Å². The fourth-order valence-corrected chi connectivity index (χ4v) is 2.89. The van der Waals surface area contributed by atoms with Crippen LogP contribution in [-0.2, 0) is 13.0 Å². The van der Waals surface area contributed by atoms with E-state index >= 15 is 0 Å². The molecule has 17 heavy (non-hydrogen) atoms. The van der Waals surface area contributed by atoms with Gasteiger partial charge in [0.05, 0.1) is 0 Å². The van der Waals surface area contributed by atoms with Crippen molar-refractivity contribution < 1.29 is 0 Å². The van der Waals surface area contributed by atoms with Gasteiger partial charge in [-0.3, -0.25) is 0 Å². The maximum atomic E-state index is 3.47. The van der Waals surface area contributed by atoms with Crippen molar-refractivity contribution in [2.24, 2.45) is 0 Å². The third kappa shape index (κ3) is 2.31. The summed E-state index contributed by atoms with van der Waals surface area (Å²) in [5.41, 5.74) is 4.55. The molecule has 1 saturated heterocycles. The van der Waals surface area contributed by atoms with E-state index in [4.69, 9.17) is 0 Å². The van der Waals surface area contributed by atoms with E-state index in [1.807, 2.05) is 0 Å². The quantitative estimate of drug-likeness (QED) is 0.759. The molecule has 0 unspecified atom stereocenters. The van der Waals surface area contributed by atoms with Crippen LogP contribution in [0.4, 0.5) is 5.69 Å². The van der Waals surface area contributed by atoms with E-state index in [9.17, 15) is 0 Å². The highest BCUT2D eigenvalue weighted by Crippen LogP contribution is 2.26. The maximum absolute atomic E-state index is 3.47. The molecule has 3 rings (SSSR count). The Bertz CT molecular complexity index is 381. The van der Waals surface area contributed by atoms with Gasteiger partial charge in [-0.15, -0.1) is 0 Å². The Balaban J connectivity index is 1.90. The van der Waals surface area contributed by atoms with E-state index < -0.39 is 0 Å². The molecular weight excluding hydrogens is 210 g/mol. The Morgan fingerprint density at radius 1 is 1.00 bits per heavy atom. The molecule has 2 N–H and O–H groups in total. The van der Waals surface area contributed by atoms with Crippen LogP contribution < -0.4 is 15.5 Å². The highest BCUT2D eigenvalue weighted by molar-refractivity contribution is 5.57. The van der Waals surface area contributed by atoms with Crippen molar-refractivity contribution in [1.82, 2.24) is 10.6 Å². The first kappa shape index (κ1) is 11.1. The summed E-state index contributed by atoms with van der Waals surface area (Å²) in [4.78, 5) is 2.56. The topological polar surface area (TPSA) is 27.3 Å². The van der Waals surface area contributed by atoms with Crippen molar-refractivity contribution >= 4 is 5.69 Å². The SMILES string of the molecule is c1cc2c(c(N3CCCNCC3)c1)CCNC2. The van der Waals surface area contributed by atoms with E-state index in [1.165, 1.54) is 30.6 Å². The van der Waals surface area contributed by atoms with Gasteiger partial charge in [-0.25, -0.2) is 0 Å². The molecule has 92 valence electrons. The number of benzene rings is 1. The average molecular weight is 231 g/mol. The molecular formula is C14H21N3. The molecule has 3 heteroatoms. The maximum Gasteiger partial charge on any atom is 0.0402 e. The molecule has 0 spiro atoms. The van der Waals surface area contributed by atoms with Crippen molar-refractivity contribution in [2.75, 3.05) is 37.6 Å². The minimum atomic E-state index is 1.04. The minimum absolute atomic E-state index is 1.04. The number of fused-ring (bicyclic) bond motifs is 1.